The number of ether oxygens (including phenoxy) is 1. The van der Waals surface area contributed by atoms with E-state index >= 15 is 0 Å². The number of quaternary nitrogens is 1. The first-order valence-electron chi connectivity index (χ1n) is 9.81. The number of rotatable bonds is 4. The maximum absolute atomic E-state index is 5.36. The minimum atomic E-state index is -0.184. The molecule has 6 nitrogen and oxygen atoms in total. The van der Waals surface area contributed by atoms with Crippen molar-refractivity contribution in [2.75, 3.05) is 13.7 Å². The lowest BCUT2D eigenvalue weighted by Crippen LogP contribution is -3.12. The number of fused-ring (bicyclic) bond motifs is 1. The highest BCUT2D eigenvalue weighted by Crippen LogP contribution is 2.25. The first kappa shape index (κ1) is 18.6. The van der Waals surface area contributed by atoms with E-state index in [4.69, 9.17) is 4.74 Å². The van der Waals surface area contributed by atoms with Crippen LogP contribution in [0.2, 0.25) is 0 Å². The highest BCUT2D eigenvalue weighted by molar-refractivity contribution is 5.32. The van der Waals surface area contributed by atoms with Crippen molar-refractivity contribution in [3.63, 3.8) is 0 Å². The summed E-state index contributed by atoms with van der Waals surface area (Å²) in [6, 6.07) is 17.1. The lowest BCUT2D eigenvalue weighted by molar-refractivity contribution is -0.941. The lowest BCUT2D eigenvalue weighted by Gasteiger charge is -2.33. The molecule has 2 aromatic carbocycles. The molecule has 0 fully saturated rings. The van der Waals surface area contributed by atoms with Gasteiger partial charge in [0.25, 0.3) is 0 Å². The summed E-state index contributed by atoms with van der Waals surface area (Å²) in [7, 11) is 1.69. The van der Waals surface area contributed by atoms with Gasteiger partial charge >= 0.3 is 0 Å². The molecule has 2 atom stereocenters. The van der Waals surface area contributed by atoms with Gasteiger partial charge in [0.1, 0.15) is 12.3 Å². The van der Waals surface area contributed by atoms with Crippen molar-refractivity contribution in [1.82, 2.24) is 20.2 Å². The maximum atomic E-state index is 5.36. The third-order valence-corrected chi connectivity index (χ3v) is 5.50. The topological polar surface area (TPSA) is 57.3 Å². The summed E-state index contributed by atoms with van der Waals surface area (Å²) in [5.41, 5.74) is 3.89. The molecule has 0 bridgehead atoms. The van der Waals surface area contributed by atoms with Gasteiger partial charge in [0.05, 0.1) is 19.2 Å². The number of hydrogen-bond donors (Lipinski definition) is 1. The Morgan fingerprint density at radius 3 is 2.43 bits per heavy atom. The fraction of sp³-hybridized carbons (Fsp3) is 0.409. The summed E-state index contributed by atoms with van der Waals surface area (Å²) in [4.78, 5) is 1.46. The Labute approximate surface area is 166 Å². The molecule has 1 N–H and O–H groups in total. The molecule has 6 heteroatoms. The zero-order valence-corrected chi connectivity index (χ0v) is 17.0. The van der Waals surface area contributed by atoms with E-state index in [0.717, 1.165) is 31.1 Å². The van der Waals surface area contributed by atoms with Gasteiger partial charge in [-0.1, -0.05) is 24.3 Å². The minimum Gasteiger partial charge on any atom is -0.497 e. The van der Waals surface area contributed by atoms with Crippen molar-refractivity contribution in [3.05, 3.63) is 71.0 Å². The second-order valence-corrected chi connectivity index (χ2v) is 8.43. The summed E-state index contributed by atoms with van der Waals surface area (Å²) in [5.74, 6) is 1.77. The van der Waals surface area contributed by atoms with Crippen LogP contribution in [-0.4, -0.2) is 33.9 Å². The molecule has 1 aliphatic rings. The van der Waals surface area contributed by atoms with Crippen molar-refractivity contribution in [3.8, 4) is 5.75 Å². The van der Waals surface area contributed by atoms with Crippen LogP contribution in [0.5, 0.6) is 5.75 Å². The highest BCUT2D eigenvalue weighted by atomic mass is 16.5. The molecule has 0 radical (unpaired) electrons. The Balaban J connectivity index is 1.77. The summed E-state index contributed by atoms with van der Waals surface area (Å²) < 4.78 is 7.32. The molecule has 1 unspecified atom stereocenters. The van der Waals surface area contributed by atoms with Gasteiger partial charge in [-0.15, -0.1) is 5.10 Å². The van der Waals surface area contributed by atoms with Crippen LogP contribution in [0, 0.1) is 0 Å². The smallest absolute Gasteiger partial charge is 0.214 e. The molecule has 0 spiro atoms. The Morgan fingerprint density at radius 2 is 1.75 bits per heavy atom. The number of methoxy groups -OCH3 is 1. The molecule has 0 aliphatic carbocycles. The van der Waals surface area contributed by atoms with Crippen molar-refractivity contribution in [2.24, 2.45) is 0 Å². The molecule has 0 saturated carbocycles. The number of hydrogen-bond acceptors (Lipinski definition) is 4. The normalized spacial score (nSPS) is 17.8. The number of benzene rings is 2. The van der Waals surface area contributed by atoms with Gasteiger partial charge in [0, 0.05) is 17.5 Å². The van der Waals surface area contributed by atoms with E-state index < -0.39 is 0 Å². The Bertz CT molecular complexity index is 942. The van der Waals surface area contributed by atoms with E-state index in [2.05, 4.69) is 72.7 Å². The quantitative estimate of drug-likeness (QED) is 0.756. The van der Waals surface area contributed by atoms with Gasteiger partial charge in [-0.05, 0) is 61.0 Å². The van der Waals surface area contributed by atoms with Crippen LogP contribution in [0.4, 0.5) is 0 Å². The van der Waals surface area contributed by atoms with Crippen LogP contribution in [0.1, 0.15) is 49.3 Å². The van der Waals surface area contributed by atoms with Crippen molar-refractivity contribution < 1.29 is 9.64 Å². The second kappa shape index (κ2) is 7.36. The third kappa shape index (κ3) is 3.52. The van der Waals surface area contributed by atoms with E-state index in [1.54, 1.807) is 7.11 Å². The average Bonchev–Trinajstić information content (AvgIpc) is 3.18. The van der Waals surface area contributed by atoms with Crippen molar-refractivity contribution in [2.45, 2.75) is 45.3 Å². The second-order valence-electron chi connectivity index (χ2n) is 8.43. The molecule has 0 saturated heterocycles. The van der Waals surface area contributed by atoms with Gasteiger partial charge < -0.3 is 9.64 Å². The Morgan fingerprint density at radius 1 is 1.04 bits per heavy atom. The van der Waals surface area contributed by atoms with Gasteiger partial charge in [-0.25, -0.2) is 4.68 Å². The van der Waals surface area contributed by atoms with Crippen LogP contribution in [0.15, 0.2) is 48.5 Å². The van der Waals surface area contributed by atoms with E-state index in [9.17, 15) is 0 Å². The highest BCUT2D eigenvalue weighted by Gasteiger charge is 2.36. The summed E-state index contributed by atoms with van der Waals surface area (Å²) in [6.45, 7) is 8.42. The predicted octanol–water partition coefficient (Wildman–Crippen LogP) is 2.17. The Hall–Kier alpha value is -2.73. The molecule has 0 amide bonds. The van der Waals surface area contributed by atoms with Gasteiger partial charge in [0.15, 0.2) is 6.04 Å². The van der Waals surface area contributed by atoms with Crippen molar-refractivity contribution >= 4 is 0 Å². The third-order valence-electron chi connectivity index (χ3n) is 5.50. The molecule has 1 aliphatic heterocycles. The minimum absolute atomic E-state index is 0.0634. The predicted molar refractivity (Wildman–Crippen MR) is 107 cm³/mol. The maximum Gasteiger partial charge on any atom is 0.214 e. The number of aromatic nitrogens is 4. The van der Waals surface area contributed by atoms with Gasteiger partial charge in [-0.3, -0.25) is 0 Å². The van der Waals surface area contributed by atoms with Gasteiger partial charge in [-0.2, -0.15) is 0 Å². The van der Waals surface area contributed by atoms with Crippen LogP contribution in [0.25, 0.3) is 0 Å². The summed E-state index contributed by atoms with van der Waals surface area (Å²) in [6.07, 6.45) is 1.06. The monoisotopic (exact) mass is 378 g/mol. The van der Waals surface area contributed by atoms with Gasteiger partial charge in [0.2, 0.25) is 5.82 Å². The first-order chi connectivity index (χ1) is 13.5. The first-order valence-corrected chi connectivity index (χ1v) is 9.81. The number of nitrogens with one attached hydrogen (secondary N) is 1. The van der Waals surface area contributed by atoms with E-state index in [1.807, 2.05) is 16.8 Å². The van der Waals surface area contributed by atoms with E-state index in [0.29, 0.717) is 0 Å². The zero-order valence-electron chi connectivity index (χ0n) is 17.0. The summed E-state index contributed by atoms with van der Waals surface area (Å²) >= 11 is 0. The molecule has 4 rings (SSSR count). The molecule has 28 heavy (non-hydrogen) atoms. The molecular formula is C22H28N5O+. The molecule has 3 aromatic rings. The molecular weight excluding hydrogens is 350 g/mol. The van der Waals surface area contributed by atoms with E-state index in [1.165, 1.54) is 21.6 Å². The standard InChI is InChI=1S/C22H27N5O/c1-22(2,3)27-21(23-24-25-27)20(17-9-11-19(28-4)12-10-17)26-14-13-16-7-5-6-8-18(16)15-26/h5-12,20H,13-15H2,1-4H3/p+1/t20-/m1/s1. The lowest BCUT2D eigenvalue weighted by atomic mass is 9.95. The van der Waals surface area contributed by atoms with Crippen LogP contribution in [0.3, 0.4) is 0 Å². The molecule has 1 aromatic heterocycles. The molecule has 146 valence electrons. The fourth-order valence-electron chi connectivity index (χ4n) is 4.06. The van der Waals surface area contributed by atoms with Crippen molar-refractivity contribution in [1.29, 1.82) is 0 Å². The van der Waals surface area contributed by atoms with Crippen LogP contribution < -0.4 is 9.64 Å². The zero-order chi connectivity index (χ0) is 19.7. The fourth-order valence-corrected chi connectivity index (χ4v) is 4.06. The summed E-state index contributed by atoms with van der Waals surface area (Å²) in [5, 5.41) is 12.8. The Kier molecular flexibility index (Phi) is 4.89. The van der Waals surface area contributed by atoms with Crippen LogP contribution >= 0.6 is 0 Å². The van der Waals surface area contributed by atoms with E-state index in [-0.39, 0.29) is 11.6 Å². The molecule has 2 heterocycles. The largest absolute Gasteiger partial charge is 0.497 e. The SMILES string of the molecule is COc1ccc([C@H](c2nnnn2C(C)(C)C)[NH+]2CCc3ccccc3C2)cc1. The number of tetrazole rings is 1. The van der Waals surface area contributed by atoms with Crippen LogP contribution in [-0.2, 0) is 18.5 Å². The number of nitrogens with zero attached hydrogens (tertiary/aromatic N) is 4. The average molecular weight is 379 g/mol.